The topological polar surface area (TPSA) is 73.8 Å². The highest BCUT2D eigenvalue weighted by atomic mass is 35.5. The molecule has 3 rings (SSSR count). The van der Waals surface area contributed by atoms with Gasteiger partial charge in [-0.05, 0) is 13.1 Å². The predicted octanol–water partition coefficient (Wildman–Crippen LogP) is 2.28. The van der Waals surface area contributed by atoms with Gasteiger partial charge in [0.15, 0.2) is 11.5 Å². The summed E-state index contributed by atoms with van der Waals surface area (Å²) in [4.78, 5) is 2.17. The van der Waals surface area contributed by atoms with E-state index in [2.05, 4.69) is 10.1 Å². The van der Waals surface area contributed by atoms with Gasteiger partial charge in [-0.1, -0.05) is 16.8 Å². The zero-order chi connectivity index (χ0) is 15.0. The highest BCUT2D eigenvalue weighted by Gasteiger charge is 2.28. The molecule has 1 fully saturated rings. The van der Waals surface area contributed by atoms with E-state index in [0.717, 1.165) is 13.1 Å². The van der Waals surface area contributed by atoms with Crippen LogP contribution in [-0.4, -0.2) is 43.4 Å². The first-order valence-corrected chi connectivity index (χ1v) is 6.89. The van der Waals surface area contributed by atoms with E-state index in [1.54, 1.807) is 25.4 Å². The summed E-state index contributed by atoms with van der Waals surface area (Å²) in [5.41, 5.74) is 7.16. The number of ether oxygens (including phenoxy) is 2. The van der Waals surface area contributed by atoms with Crippen LogP contribution in [0.1, 0.15) is 0 Å². The fourth-order valence-corrected chi connectivity index (χ4v) is 2.58. The van der Waals surface area contributed by atoms with Gasteiger partial charge in [0, 0.05) is 29.7 Å². The number of hydrogen-bond acceptors (Lipinski definition) is 6. The molecule has 2 heterocycles. The smallest absolute Gasteiger partial charge is 0.230 e. The van der Waals surface area contributed by atoms with Crippen molar-refractivity contribution >= 4 is 17.5 Å². The lowest BCUT2D eigenvalue weighted by Gasteiger charge is -2.36. The third-order valence-corrected chi connectivity index (χ3v) is 3.66. The first kappa shape index (κ1) is 14.0. The Balaban J connectivity index is 2.04. The van der Waals surface area contributed by atoms with Crippen LogP contribution in [0.15, 0.2) is 22.9 Å². The van der Waals surface area contributed by atoms with Gasteiger partial charge in [0.05, 0.1) is 18.9 Å². The zero-order valence-electron chi connectivity index (χ0n) is 11.8. The number of halogens is 1. The molecule has 2 aromatic rings. The second-order valence-electron chi connectivity index (χ2n) is 5.05. The minimum atomic E-state index is 0.116. The van der Waals surface area contributed by atoms with Crippen molar-refractivity contribution in [3.05, 3.63) is 23.4 Å². The summed E-state index contributed by atoms with van der Waals surface area (Å²) in [6, 6.07) is 3.48. The van der Waals surface area contributed by atoms with Crippen LogP contribution in [0.4, 0.5) is 5.88 Å². The molecule has 1 aromatic carbocycles. The second kappa shape index (κ2) is 5.46. The first-order chi connectivity index (χ1) is 10.1. The van der Waals surface area contributed by atoms with E-state index >= 15 is 0 Å². The Bertz CT molecular complexity index is 653. The molecule has 1 aromatic heterocycles. The fourth-order valence-electron chi connectivity index (χ4n) is 2.38. The van der Waals surface area contributed by atoms with Crippen LogP contribution in [0.5, 0.6) is 11.5 Å². The molecular weight excluding hydrogens is 294 g/mol. The zero-order valence-corrected chi connectivity index (χ0v) is 12.6. The molecule has 7 heteroatoms. The van der Waals surface area contributed by atoms with Crippen LogP contribution in [-0.2, 0) is 0 Å². The minimum Gasteiger partial charge on any atom is -0.493 e. The summed E-state index contributed by atoms with van der Waals surface area (Å²) in [5, 5.41) is 4.23. The number of nitrogens with zero attached hydrogens (tertiary/aromatic N) is 2. The highest BCUT2D eigenvalue weighted by Crippen LogP contribution is 2.43. The van der Waals surface area contributed by atoms with Crippen molar-refractivity contribution < 1.29 is 14.0 Å². The number of rotatable bonds is 4. The summed E-state index contributed by atoms with van der Waals surface area (Å²) in [5.74, 6) is 1.39. The third-order valence-electron chi connectivity index (χ3n) is 3.44. The Kier molecular flexibility index (Phi) is 3.65. The van der Waals surface area contributed by atoms with Crippen LogP contribution in [0, 0.1) is 0 Å². The second-order valence-corrected chi connectivity index (χ2v) is 5.49. The van der Waals surface area contributed by atoms with Gasteiger partial charge < -0.3 is 19.7 Å². The maximum absolute atomic E-state index is 6.14. The average molecular weight is 310 g/mol. The molecule has 0 amide bonds. The molecule has 0 saturated carbocycles. The van der Waals surface area contributed by atoms with E-state index in [1.165, 1.54) is 0 Å². The van der Waals surface area contributed by atoms with Gasteiger partial charge in [-0.3, -0.25) is 4.90 Å². The van der Waals surface area contributed by atoms with Gasteiger partial charge in [-0.2, -0.15) is 0 Å². The predicted molar refractivity (Wildman–Crippen MR) is 79.8 cm³/mol. The van der Waals surface area contributed by atoms with Crippen LogP contribution in [0.3, 0.4) is 0 Å². The van der Waals surface area contributed by atoms with E-state index < -0.39 is 0 Å². The van der Waals surface area contributed by atoms with E-state index in [0.29, 0.717) is 27.6 Å². The summed E-state index contributed by atoms with van der Waals surface area (Å²) >= 11 is 6.14. The number of hydrogen-bond donors (Lipinski definition) is 1. The van der Waals surface area contributed by atoms with Crippen molar-refractivity contribution in [2.24, 2.45) is 0 Å². The van der Waals surface area contributed by atoms with Crippen molar-refractivity contribution in [1.29, 1.82) is 0 Å². The molecule has 112 valence electrons. The fraction of sp³-hybridized carbons (Fsp3) is 0.357. The Labute approximate surface area is 127 Å². The molecule has 0 radical (unpaired) electrons. The lowest BCUT2D eigenvalue weighted by atomic mass is 10.1. The maximum atomic E-state index is 6.14. The number of likely N-dealkylation sites (tertiary alicyclic amines) is 1. The number of aromatic nitrogens is 1. The van der Waals surface area contributed by atoms with E-state index in [4.69, 9.17) is 31.3 Å². The maximum Gasteiger partial charge on any atom is 0.230 e. The Morgan fingerprint density at radius 2 is 2.14 bits per heavy atom. The molecular formula is C14H16ClN3O3. The summed E-state index contributed by atoms with van der Waals surface area (Å²) in [6.07, 6.45) is 1.66. The molecule has 21 heavy (non-hydrogen) atoms. The van der Waals surface area contributed by atoms with Crippen molar-refractivity contribution in [2.75, 3.05) is 33.0 Å². The van der Waals surface area contributed by atoms with Gasteiger partial charge >= 0.3 is 0 Å². The van der Waals surface area contributed by atoms with Gasteiger partial charge in [0.1, 0.15) is 6.10 Å². The number of anilines is 1. The molecule has 6 nitrogen and oxygen atoms in total. The molecule has 0 bridgehead atoms. The summed E-state index contributed by atoms with van der Waals surface area (Å²) in [7, 11) is 3.62. The summed E-state index contributed by atoms with van der Waals surface area (Å²) < 4.78 is 16.4. The van der Waals surface area contributed by atoms with E-state index in [1.807, 2.05) is 7.05 Å². The first-order valence-electron chi connectivity index (χ1n) is 6.51. The molecule has 0 spiro atoms. The minimum absolute atomic E-state index is 0.116. The molecule has 0 aliphatic carbocycles. The van der Waals surface area contributed by atoms with Gasteiger partial charge in [0.25, 0.3) is 0 Å². The van der Waals surface area contributed by atoms with E-state index in [9.17, 15) is 0 Å². The third kappa shape index (κ3) is 2.64. The van der Waals surface area contributed by atoms with Crippen molar-refractivity contribution in [3.8, 4) is 22.6 Å². The van der Waals surface area contributed by atoms with Gasteiger partial charge in [-0.15, -0.1) is 0 Å². The van der Waals surface area contributed by atoms with Crippen LogP contribution in [0.25, 0.3) is 11.1 Å². The molecule has 1 aliphatic heterocycles. The van der Waals surface area contributed by atoms with Crippen LogP contribution >= 0.6 is 11.6 Å². The Hall–Kier alpha value is -1.92. The van der Waals surface area contributed by atoms with E-state index in [-0.39, 0.29) is 12.0 Å². The standard InChI is InChI=1S/C14H16ClN3O3/c1-18-6-9(7-18)20-13-10(11-5-17-21-14(11)16)3-8(15)4-12(13)19-2/h3-5,9H,6-7,16H2,1-2H3. The highest BCUT2D eigenvalue weighted by molar-refractivity contribution is 6.31. The largest absolute Gasteiger partial charge is 0.493 e. The van der Waals surface area contributed by atoms with Crippen molar-refractivity contribution in [3.63, 3.8) is 0 Å². The molecule has 1 saturated heterocycles. The number of likely N-dealkylation sites (N-methyl/N-ethyl adjacent to an activating group) is 1. The lowest BCUT2D eigenvalue weighted by Crippen LogP contribution is -2.51. The Morgan fingerprint density at radius 1 is 1.38 bits per heavy atom. The van der Waals surface area contributed by atoms with Crippen LogP contribution in [0.2, 0.25) is 5.02 Å². The molecule has 2 N–H and O–H groups in total. The van der Waals surface area contributed by atoms with Crippen molar-refractivity contribution in [1.82, 2.24) is 10.1 Å². The molecule has 1 aliphatic rings. The monoisotopic (exact) mass is 309 g/mol. The SMILES string of the molecule is COc1cc(Cl)cc(-c2cnoc2N)c1OC1CN(C)C1. The molecule has 0 atom stereocenters. The van der Waals surface area contributed by atoms with Crippen LogP contribution < -0.4 is 15.2 Å². The van der Waals surface area contributed by atoms with Crippen molar-refractivity contribution in [2.45, 2.75) is 6.10 Å². The van der Waals surface area contributed by atoms with Gasteiger partial charge in [0.2, 0.25) is 5.88 Å². The lowest BCUT2D eigenvalue weighted by molar-refractivity contribution is 0.0374. The number of nitrogen functional groups attached to an aromatic ring is 1. The number of nitrogens with two attached hydrogens (primary N) is 1. The summed E-state index contributed by atoms with van der Waals surface area (Å²) in [6.45, 7) is 1.73. The number of methoxy groups -OCH3 is 1. The normalized spacial score (nSPS) is 15.8. The molecule has 0 unspecified atom stereocenters. The van der Waals surface area contributed by atoms with Gasteiger partial charge in [-0.25, -0.2) is 0 Å². The number of benzene rings is 1. The quantitative estimate of drug-likeness (QED) is 0.934. The Morgan fingerprint density at radius 3 is 2.71 bits per heavy atom. The average Bonchev–Trinajstić information content (AvgIpc) is 2.84.